The highest BCUT2D eigenvalue weighted by molar-refractivity contribution is 6.35. The van der Waals surface area contributed by atoms with Crippen LogP contribution in [0.5, 0.6) is 5.75 Å². The smallest absolute Gasteiger partial charge is 0.264 e. The predicted octanol–water partition coefficient (Wildman–Crippen LogP) is 6.78. The SMILES string of the molecule is COc1ccc(CNc2nc(NC(C)c3cc4cccc(Cl)c4c(=O)n3-c3ccccc3)c3ncccc3n2)cc1. The number of nitrogens with zero attached hydrogens (tertiary/aromatic N) is 4. The van der Waals surface area contributed by atoms with Gasteiger partial charge in [-0.2, -0.15) is 4.98 Å². The first-order valence-electron chi connectivity index (χ1n) is 13.2. The van der Waals surface area contributed by atoms with E-state index in [0.29, 0.717) is 39.8 Å². The maximum atomic E-state index is 13.8. The lowest BCUT2D eigenvalue weighted by Gasteiger charge is -2.22. The predicted molar refractivity (Wildman–Crippen MR) is 164 cm³/mol. The maximum absolute atomic E-state index is 13.8. The molecule has 0 spiro atoms. The first kappa shape index (κ1) is 26.3. The van der Waals surface area contributed by atoms with Crippen LogP contribution in [-0.4, -0.2) is 26.6 Å². The van der Waals surface area contributed by atoms with Crippen molar-refractivity contribution >= 4 is 45.2 Å². The van der Waals surface area contributed by atoms with Crippen molar-refractivity contribution in [2.75, 3.05) is 17.7 Å². The third-order valence-corrected chi connectivity index (χ3v) is 7.22. The number of pyridine rings is 2. The molecular formula is C32H27ClN6O2. The van der Waals surface area contributed by atoms with E-state index >= 15 is 0 Å². The minimum absolute atomic E-state index is 0.185. The third-order valence-electron chi connectivity index (χ3n) is 6.90. The first-order valence-corrected chi connectivity index (χ1v) is 13.6. The van der Waals surface area contributed by atoms with E-state index in [0.717, 1.165) is 28.1 Å². The van der Waals surface area contributed by atoms with Crippen LogP contribution in [0.2, 0.25) is 5.02 Å². The summed E-state index contributed by atoms with van der Waals surface area (Å²) in [6, 6.07) is 28.2. The number of aromatic nitrogens is 4. The summed E-state index contributed by atoms with van der Waals surface area (Å²) >= 11 is 6.49. The molecule has 41 heavy (non-hydrogen) atoms. The summed E-state index contributed by atoms with van der Waals surface area (Å²) in [7, 11) is 1.64. The summed E-state index contributed by atoms with van der Waals surface area (Å²) in [6.45, 7) is 2.52. The van der Waals surface area contributed by atoms with Gasteiger partial charge in [0.2, 0.25) is 5.95 Å². The van der Waals surface area contributed by atoms with Crippen molar-refractivity contribution in [2.45, 2.75) is 19.5 Å². The second kappa shape index (κ2) is 11.3. The molecule has 8 nitrogen and oxygen atoms in total. The van der Waals surface area contributed by atoms with E-state index in [-0.39, 0.29) is 11.6 Å². The van der Waals surface area contributed by atoms with E-state index in [9.17, 15) is 4.79 Å². The lowest BCUT2D eigenvalue weighted by atomic mass is 10.1. The molecule has 0 aliphatic rings. The molecule has 0 radical (unpaired) electrons. The van der Waals surface area contributed by atoms with E-state index < -0.39 is 0 Å². The molecule has 3 heterocycles. The number of methoxy groups -OCH3 is 1. The highest BCUT2D eigenvalue weighted by Gasteiger charge is 2.20. The number of nitrogens with one attached hydrogen (secondary N) is 2. The Morgan fingerprint density at radius 3 is 2.54 bits per heavy atom. The third kappa shape index (κ3) is 5.29. The molecule has 6 rings (SSSR count). The Morgan fingerprint density at radius 2 is 1.76 bits per heavy atom. The molecule has 204 valence electrons. The van der Waals surface area contributed by atoms with Crippen molar-refractivity contribution in [3.8, 4) is 11.4 Å². The molecular weight excluding hydrogens is 536 g/mol. The van der Waals surface area contributed by atoms with E-state index in [2.05, 4.69) is 20.6 Å². The molecule has 1 unspecified atom stereocenters. The summed E-state index contributed by atoms with van der Waals surface area (Å²) in [5.74, 6) is 1.81. The van der Waals surface area contributed by atoms with Gasteiger partial charge < -0.3 is 15.4 Å². The zero-order valence-corrected chi connectivity index (χ0v) is 23.3. The number of para-hydroxylation sites is 1. The average molecular weight is 563 g/mol. The molecule has 0 saturated heterocycles. The number of rotatable bonds is 8. The van der Waals surface area contributed by atoms with Crippen LogP contribution in [0.3, 0.4) is 0 Å². The molecule has 0 aliphatic heterocycles. The Kier molecular flexibility index (Phi) is 7.22. The second-order valence-electron chi connectivity index (χ2n) is 9.58. The number of anilines is 2. The van der Waals surface area contributed by atoms with Gasteiger partial charge in [0.1, 0.15) is 11.3 Å². The van der Waals surface area contributed by atoms with Crippen LogP contribution in [0.1, 0.15) is 24.2 Å². The number of hydrogen-bond donors (Lipinski definition) is 2. The quantitative estimate of drug-likeness (QED) is 0.211. The minimum atomic E-state index is -0.333. The second-order valence-corrected chi connectivity index (χ2v) is 9.99. The fraction of sp³-hybridized carbons (Fsp3) is 0.125. The number of hydrogen-bond acceptors (Lipinski definition) is 7. The van der Waals surface area contributed by atoms with Gasteiger partial charge in [0, 0.05) is 24.1 Å². The van der Waals surface area contributed by atoms with Gasteiger partial charge in [-0.1, -0.05) is 54.1 Å². The summed E-state index contributed by atoms with van der Waals surface area (Å²) in [5, 5.41) is 8.50. The van der Waals surface area contributed by atoms with Gasteiger partial charge in [0.25, 0.3) is 5.56 Å². The number of ether oxygens (including phenoxy) is 1. The topological polar surface area (TPSA) is 94.0 Å². The van der Waals surface area contributed by atoms with E-state index in [4.69, 9.17) is 21.3 Å². The Bertz CT molecular complexity index is 1910. The lowest BCUT2D eigenvalue weighted by Crippen LogP contribution is -2.26. The van der Waals surface area contributed by atoms with Gasteiger partial charge in [-0.25, -0.2) is 4.98 Å². The Morgan fingerprint density at radius 1 is 0.951 bits per heavy atom. The van der Waals surface area contributed by atoms with Crippen LogP contribution in [-0.2, 0) is 6.54 Å². The van der Waals surface area contributed by atoms with E-state index in [1.54, 1.807) is 23.9 Å². The molecule has 2 N–H and O–H groups in total. The fourth-order valence-electron chi connectivity index (χ4n) is 4.85. The standard InChI is InChI=1S/C32H27ClN6O2/c1-20(27-18-22-8-6-11-25(33)28(22)31(40)39(27)23-9-4-3-5-10-23)36-30-29-26(12-7-17-34-29)37-32(38-30)35-19-21-13-15-24(41-2)16-14-21/h3-18,20H,19H2,1-2H3,(H2,35,36,37,38). The van der Waals surface area contributed by atoms with Crippen LogP contribution >= 0.6 is 11.6 Å². The number of benzene rings is 3. The summed E-state index contributed by atoms with van der Waals surface area (Å²) in [5.41, 5.74) is 3.70. The first-order chi connectivity index (χ1) is 20.0. The van der Waals surface area contributed by atoms with Crippen molar-refractivity contribution in [3.63, 3.8) is 0 Å². The largest absolute Gasteiger partial charge is 0.497 e. The fourth-order valence-corrected chi connectivity index (χ4v) is 5.12. The van der Waals surface area contributed by atoms with Gasteiger partial charge in [-0.15, -0.1) is 0 Å². The van der Waals surface area contributed by atoms with Crippen LogP contribution in [0.4, 0.5) is 11.8 Å². The molecule has 1 atom stereocenters. The van der Waals surface area contributed by atoms with Gasteiger partial charge in [0.15, 0.2) is 5.82 Å². The monoisotopic (exact) mass is 562 g/mol. The highest BCUT2D eigenvalue weighted by atomic mass is 35.5. The van der Waals surface area contributed by atoms with E-state index in [1.807, 2.05) is 91.9 Å². The van der Waals surface area contributed by atoms with Crippen LogP contribution in [0, 0.1) is 0 Å². The molecule has 0 bridgehead atoms. The van der Waals surface area contributed by atoms with Crippen molar-refractivity contribution in [1.29, 1.82) is 0 Å². The summed E-state index contributed by atoms with van der Waals surface area (Å²) in [6.07, 6.45) is 1.71. The highest BCUT2D eigenvalue weighted by Crippen LogP contribution is 2.29. The molecule has 0 amide bonds. The van der Waals surface area contributed by atoms with Crippen molar-refractivity contribution in [2.24, 2.45) is 0 Å². The van der Waals surface area contributed by atoms with E-state index in [1.165, 1.54) is 0 Å². The van der Waals surface area contributed by atoms with Crippen molar-refractivity contribution in [1.82, 2.24) is 19.5 Å². The average Bonchev–Trinajstić information content (AvgIpc) is 3.00. The number of halogens is 1. The Labute approximate surface area is 241 Å². The van der Waals surface area contributed by atoms with Crippen LogP contribution in [0.25, 0.3) is 27.5 Å². The van der Waals surface area contributed by atoms with Crippen molar-refractivity contribution < 1.29 is 4.74 Å². The molecule has 6 aromatic rings. The lowest BCUT2D eigenvalue weighted by molar-refractivity contribution is 0.414. The molecule has 0 fully saturated rings. The summed E-state index contributed by atoms with van der Waals surface area (Å²) in [4.78, 5) is 27.9. The maximum Gasteiger partial charge on any atom is 0.264 e. The minimum Gasteiger partial charge on any atom is -0.497 e. The zero-order chi connectivity index (χ0) is 28.3. The van der Waals surface area contributed by atoms with Gasteiger partial charge >= 0.3 is 0 Å². The molecule has 3 aromatic carbocycles. The van der Waals surface area contributed by atoms with Gasteiger partial charge in [-0.3, -0.25) is 14.3 Å². The molecule has 9 heteroatoms. The van der Waals surface area contributed by atoms with Gasteiger partial charge in [0.05, 0.1) is 29.1 Å². The Balaban J connectivity index is 1.40. The number of fused-ring (bicyclic) bond motifs is 2. The molecule has 0 saturated carbocycles. The van der Waals surface area contributed by atoms with Gasteiger partial charge in [-0.05, 0) is 66.4 Å². The van der Waals surface area contributed by atoms with Crippen LogP contribution < -0.4 is 20.9 Å². The Hall–Kier alpha value is -4.95. The normalized spacial score (nSPS) is 11.9. The zero-order valence-electron chi connectivity index (χ0n) is 22.5. The van der Waals surface area contributed by atoms with Crippen molar-refractivity contribution in [3.05, 3.63) is 124 Å². The summed E-state index contributed by atoms with van der Waals surface area (Å²) < 4.78 is 6.95. The van der Waals surface area contributed by atoms with Crippen LogP contribution in [0.15, 0.2) is 102 Å². The molecule has 3 aromatic heterocycles. The molecule has 0 aliphatic carbocycles.